The molecule has 1 heterocycles. The van der Waals surface area contributed by atoms with Crippen molar-refractivity contribution in [1.29, 1.82) is 0 Å². The molecule has 0 amide bonds. The number of hydrogen-bond acceptors (Lipinski definition) is 5. The molecule has 0 saturated carbocycles. The minimum Gasteiger partial charge on any atom is -0.381 e. The lowest BCUT2D eigenvalue weighted by Gasteiger charge is -2.07. The molecule has 1 aromatic heterocycles. The summed E-state index contributed by atoms with van der Waals surface area (Å²) in [5.41, 5.74) is 5.66. The molecule has 0 fully saturated rings. The van der Waals surface area contributed by atoms with Gasteiger partial charge in [0.25, 0.3) is 0 Å². The molecule has 7 nitrogen and oxygen atoms in total. The van der Waals surface area contributed by atoms with E-state index >= 15 is 0 Å². The van der Waals surface area contributed by atoms with Crippen LogP contribution in [0.3, 0.4) is 0 Å². The van der Waals surface area contributed by atoms with Crippen LogP contribution >= 0.6 is 0 Å². The second-order valence-corrected chi connectivity index (χ2v) is 7.07. The van der Waals surface area contributed by atoms with Crippen LogP contribution in [0.2, 0.25) is 0 Å². The van der Waals surface area contributed by atoms with E-state index in [0.29, 0.717) is 25.7 Å². The van der Waals surface area contributed by atoms with Crippen LogP contribution < -0.4 is 10.5 Å². The summed E-state index contributed by atoms with van der Waals surface area (Å²) < 4.78 is 33.6. The van der Waals surface area contributed by atoms with Crippen molar-refractivity contribution in [3.8, 4) is 0 Å². The second-order valence-electron chi connectivity index (χ2n) is 5.33. The van der Waals surface area contributed by atoms with Gasteiger partial charge in [-0.2, -0.15) is 5.10 Å². The van der Waals surface area contributed by atoms with E-state index in [0.717, 1.165) is 12.8 Å². The number of aromatic nitrogens is 2. The highest BCUT2D eigenvalue weighted by Gasteiger charge is 2.20. The van der Waals surface area contributed by atoms with E-state index in [1.807, 2.05) is 6.92 Å². The maximum atomic E-state index is 12.1. The van der Waals surface area contributed by atoms with Gasteiger partial charge in [0.05, 0.1) is 6.61 Å². The highest BCUT2D eigenvalue weighted by atomic mass is 32.2. The standard InChI is InChI=1S/C13H26N4O3S/c1-4-7-17-10-12(13(14)16-17)21(18,19)15-6-9-20-8-5-11(2)3/h10-11,15H,4-9H2,1-3H3,(H2,14,16). The summed E-state index contributed by atoms with van der Waals surface area (Å²) >= 11 is 0. The summed E-state index contributed by atoms with van der Waals surface area (Å²) in [5, 5.41) is 3.99. The first-order valence-corrected chi connectivity index (χ1v) is 8.75. The van der Waals surface area contributed by atoms with Gasteiger partial charge >= 0.3 is 0 Å². The first kappa shape index (κ1) is 17.9. The van der Waals surface area contributed by atoms with Crippen LogP contribution in [0.25, 0.3) is 0 Å². The van der Waals surface area contributed by atoms with Crippen molar-refractivity contribution in [1.82, 2.24) is 14.5 Å². The molecule has 0 spiro atoms. The molecule has 0 aliphatic heterocycles. The largest absolute Gasteiger partial charge is 0.381 e. The Balaban J connectivity index is 2.46. The number of hydrogen-bond donors (Lipinski definition) is 2. The number of anilines is 1. The Morgan fingerprint density at radius 1 is 1.43 bits per heavy atom. The van der Waals surface area contributed by atoms with Crippen LogP contribution in [0.15, 0.2) is 11.1 Å². The van der Waals surface area contributed by atoms with Crippen molar-refractivity contribution in [2.45, 2.75) is 45.1 Å². The highest BCUT2D eigenvalue weighted by Crippen LogP contribution is 2.15. The van der Waals surface area contributed by atoms with Crippen molar-refractivity contribution >= 4 is 15.8 Å². The first-order chi connectivity index (χ1) is 9.86. The topological polar surface area (TPSA) is 99.2 Å². The third kappa shape index (κ3) is 6.03. The maximum absolute atomic E-state index is 12.1. The molecule has 3 N–H and O–H groups in total. The summed E-state index contributed by atoms with van der Waals surface area (Å²) in [5.74, 6) is 0.600. The lowest BCUT2D eigenvalue weighted by molar-refractivity contribution is 0.128. The smallest absolute Gasteiger partial charge is 0.245 e. The lowest BCUT2D eigenvalue weighted by atomic mass is 10.1. The normalized spacial score (nSPS) is 12.2. The van der Waals surface area contributed by atoms with E-state index in [4.69, 9.17) is 10.5 Å². The van der Waals surface area contributed by atoms with Gasteiger partial charge in [0, 0.05) is 25.9 Å². The Bertz CT molecular complexity index is 526. The van der Waals surface area contributed by atoms with Gasteiger partial charge in [-0.25, -0.2) is 13.1 Å². The van der Waals surface area contributed by atoms with Crippen LogP contribution in [-0.4, -0.2) is 38.0 Å². The van der Waals surface area contributed by atoms with E-state index in [1.165, 1.54) is 6.20 Å². The molecular weight excluding hydrogens is 292 g/mol. The van der Waals surface area contributed by atoms with Crippen molar-refractivity contribution < 1.29 is 13.2 Å². The van der Waals surface area contributed by atoms with E-state index in [2.05, 4.69) is 23.7 Å². The van der Waals surface area contributed by atoms with E-state index < -0.39 is 10.0 Å². The molecule has 0 saturated heterocycles. The molecule has 1 rings (SSSR count). The van der Waals surface area contributed by atoms with Crippen LogP contribution in [0.5, 0.6) is 0 Å². The van der Waals surface area contributed by atoms with Gasteiger partial charge in [-0.15, -0.1) is 0 Å². The average molecular weight is 318 g/mol. The van der Waals surface area contributed by atoms with Crippen molar-refractivity contribution in [2.24, 2.45) is 5.92 Å². The molecule has 21 heavy (non-hydrogen) atoms. The highest BCUT2D eigenvalue weighted by molar-refractivity contribution is 7.89. The molecular formula is C13H26N4O3S. The van der Waals surface area contributed by atoms with Crippen LogP contribution in [-0.2, 0) is 21.3 Å². The first-order valence-electron chi connectivity index (χ1n) is 7.27. The molecule has 0 aromatic carbocycles. The molecule has 0 bridgehead atoms. The number of nitrogens with one attached hydrogen (secondary N) is 1. The monoisotopic (exact) mass is 318 g/mol. The van der Waals surface area contributed by atoms with E-state index in [9.17, 15) is 8.42 Å². The third-order valence-corrected chi connectivity index (χ3v) is 4.35. The molecule has 122 valence electrons. The number of ether oxygens (including phenoxy) is 1. The molecule has 0 radical (unpaired) electrons. The summed E-state index contributed by atoms with van der Waals surface area (Å²) in [6, 6.07) is 0. The van der Waals surface area contributed by atoms with Crippen LogP contribution in [0, 0.1) is 5.92 Å². The minimum atomic E-state index is -3.63. The van der Waals surface area contributed by atoms with Crippen LogP contribution in [0.4, 0.5) is 5.82 Å². The van der Waals surface area contributed by atoms with Gasteiger partial charge in [0.1, 0.15) is 4.90 Å². The number of sulfonamides is 1. The van der Waals surface area contributed by atoms with Gasteiger partial charge < -0.3 is 10.5 Å². The van der Waals surface area contributed by atoms with Crippen molar-refractivity contribution in [3.63, 3.8) is 0 Å². The van der Waals surface area contributed by atoms with Gasteiger partial charge in [-0.3, -0.25) is 4.68 Å². The fourth-order valence-corrected chi connectivity index (χ4v) is 2.80. The fourth-order valence-electron chi connectivity index (χ4n) is 1.72. The molecule has 0 unspecified atom stereocenters. The molecule has 0 atom stereocenters. The van der Waals surface area contributed by atoms with Crippen molar-refractivity contribution in [3.05, 3.63) is 6.20 Å². The number of rotatable bonds is 10. The zero-order valence-electron chi connectivity index (χ0n) is 13.0. The zero-order valence-corrected chi connectivity index (χ0v) is 13.8. The Hall–Kier alpha value is -1.12. The third-order valence-electron chi connectivity index (χ3n) is 2.88. The number of nitrogen functional groups attached to an aromatic ring is 1. The Kier molecular flexibility index (Phi) is 7.13. The number of nitrogens with two attached hydrogens (primary N) is 1. The Morgan fingerprint density at radius 2 is 2.14 bits per heavy atom. The molecule has 0 aliphatic rings. The zero-order chi connectivity index (χ0) is 15.9. The SMILES string of the molecule is CCCn1cc(S(=O)(=O)NCCOCCC(C)C)c(N)n1. The van der Waals surface area contributed by atoms with E-state index in [-0.39, 0.29) is 17.3 Å². The van der Waals surface area contributed by atoms with Gasteiger partial charge in [0.2, 0.25) is 10.0 Å². The van der Waals surface area contributed by atoms with Gasteiger partial charge in [0.15, 0.2) is 5.82 Å². The van der Waals surface area contributed by atoms with E-state index in [1.54, 1.807) is 4.68 Å². The quantitative estimate of drug-likeness (QED) is 0.632. The second kappa shape index (κ2) is 8.35. The summed E-state index contributed by atoms with van der Waals surface area (Å²) in [4.78, 5) is 0.0260. The predicted octanol–water partition coefficient (Wildman–Crippen LogP) is 1.22. The number of nitrogens with zero attached hydrogens (tertiary/aromatic N) is 2. The summed E-state index contributed by atoms with van der Waals surface area (Å²) in [7, 11) is -3.63. The minimum absolute atomic E-state index is 0.0247. The lowest BCUT2D eigenvalue weighted by Crippen LogP contribution is -2.28. The number of aryl methyl sites for hydroxylation is 1. The molecule has 0 aliphatic carbocycles. The maximum Gasteiger partial charge on any atom is 0.245 e. The predicted molar refractivity (Wildman–Crippen MR) is 82.4 cm³/mol. The Labute approximate surface area is 126 Å². The molecule has 8 heteroatoms. The van der Waals surface area contributed by atoms with Crippen LogP contribution in [0.1, 0.15) is 33.6 Å². The van der Waals surface area contributed by atoms with Gasteiger partial charge in [-0.05, 0) is 18.8 Å². The summed E-state index contributed by atoms with van der Waals surface area (Å²) in [6.07, 6.45) is 3.28. The van der Waals surface area contributed by atoms with Gasteiger partial charge in [-0.1, -0.05) is 20.8 Å². The Morgan fingerprint density at radius 3 is 2.76 bits per heavy atom. The fraction of sp³-hybridized carbons (Fsp3) is 0.769. The average Bonchev–Trinajstić information content (AvgIpc) is 2.75. The van der Waals surface area contributed by atoms with Crippen molar-refractivity contribution in [2.75, 3.05) is 25.5 Å². The molecule has 1 aromatic rings. The summed E-state index contributed by atoms with van der Waals surface area (Å²) in [6.45, 7) is 8.05.